The predicted octanol–water partition coefficient (Wildman–Crippen LogP) is 1.13. The summed E-state index contributed by atoms with van der Waals surface area (Å²) in [6.45, 7) is 6.29. The molecule has 2 aliphatic rings. The number of carbonyl (C=O) groups excluding carboxylic acids is 1. The zero-order valence-electron chi connectivity index (χ0n) is 12.6. The minimum absolute atomic E-state index is 0.331. The fraction of sp³-hybridized carbons (Fsp3) is 0.588. The molecule has 4 heteroatoms. The number of likely N-dealkylation sites (tertiary alicyclic amines) is 1. The number of hydrogen-bond acceptors (Lipinski definition) is 3. The molecule has 2 heterocycles. The molecule has 0 spiro atoms. The minimum atomic E-state index is 0.331. The molecule has 1 aromatic carbocycles. The summed E-state index contributed by atoms with van der Waals surface area (Å²) in [6.07, 6.45) is 2.64. The van der Waals surface area contributed by atoms with Crippen molar-refractivity contribution in [3.8, 4) is 0 Å². The number of aryl methyl sites for hydroxylation is 1. The quantitative estimate of drug-likeness (QED) is 0.882. The van der Waals surface area contributed by atoms with Gasteiger partial charge in [0.1, 0.15) is 0 Å². The average molecular weight is 287 g/mol. The third kappa shape index (κ3) is 3.83. The second-order valence-corrected chi connectivity index (χ2v) is 6.08. The number of nitrogens with one attached hydrogen (secondary N) is 1. The number of benzene rings is 1. The van der Waals surface area contributed by atoms with E-state index in [1.165, 1.54) is 5.56 Å². The first kappa shape index (κ1) is 14.5. The summed E-state index contributed by atoms with van der Waals surface area (Å²) >= 11 is 0. The molecule has 0 radical (unpaired) electrons. The maximum absolute atomic E-state index is 12.1. The van der Waals surface area contributed by atoms with E-state index in [2.05, 4.69) is 34.5 Å². The van der Waals surface area contributed by atoms with E-state index in [1.807, 2.05) is 11.0 Å². The fourth-order valence-electron chi connectivity index (χ4n) is 3.18. The molecule has 0 aliphatic carbocycles. The molecule has 3 rings (SSSR count). The largest absolute Gasteiger partial charge is 0.339 e. The topological polar surface area (TPSA) is 35.6 Å². The number of piperazine rings is 1. The van der Waals surface area contributed by atoms with E-state index in [0.717, 1.165) is 52.1 Å². The average Bonchev–Trinajstić information content (AvgIpc) is 2.48. The van der Waals surface area contributed by atoms with Crippen molar-refractivity contribution in [1.29, 1.82) is 0 Å². The lowest BCUT2D eigenvalue weighted by Crippen LogP contribution is -2.63. The van der Waals surface area contributed by atoms with Crippen LogP contribution < -0.4 is 5.32 Å². The molecule has 2 aliphatic heterocycles. The molecule has 4 nitrogen and oxygen atoms in total. The Morgan fingerprint density at radius 1 is 1.14 bits per heavy atom. The van der Waals surface area contributed by atoms with Crippen LogP contribution in [0.4, 0.5) is 0 Å². The Bertz CT molecular complexity index is 450. The van der Waals surface area contributed by atoms with E-state index in [4.69, 9.17) is 0 Å². The maximum atomic E-state index is 12.1. The van der Waals surface area contributed by atoms with Crippen molar-refractivity contribution in [2.75, 3.05) is 39.3 Å². The molecule has 0 aromatic heterocycles. The van der Waals surface area contributed by atoms with Gasteiger partial charge in [-0.3, -0.25) is 9.69 Å². The van der Waals surface area contributed by atoms with Gasteiger partial charge in [-0.25, -0.2) is 0 Å². The zero-order chi connectivity index (χ0) is 14.5. The fourth-order valence-corrected chi connectivity index (χ4v) is 3.18. The van der Waals surface area contributed by atoms with Crippen LogP contribution in [0.5, 0.6) is 0 Å². The lowest BCUT2D eigenvalue weighted by Gasteiger charge is -2.46. The van der Waals surface area contributed by atoms with Crippen LogP contribution in [0.15, 0.2) is 30.3 Å². The van der Waals surface area contributed by atoms with Crippen LogP contribution in [0.25, 0.3) is 0 Å². The Morgan fingerprint density at radius 2 is 1.86 bits per heavy atom. The van der Waals surface area contributed by atoms with Gasteiger partial charge in [0.15, 0.2) is 0 Å². The Hall–Kier alpha value is -1.39. The van der Waals surface area contributed by atoms with E-state index < -0.39 is 0 Å². The normalized spacial score (nSPS) is 20.3. The first-order valence-corrected chi connectivity index (χ1v) is 8.09. The second-order valence-electron chi connectivity index (χ2n) is 6.08. The summed E-state index contributed by atoms with van der Waals surface area (Å²) in [5, 5.41) is 3.37. The molecule has 0 unspecified atom stereocenters. The van der Waals surface area contributed by atoms with Gasteiger partial charge >= 0.3 is 0 Å². The van der Waals surface area contributed by atoms with E-state index >= 15 is 0 Å². The lowest BCUT2D eigenvalue weighted by atomic mass is 10.0. The van der Waals surface area contributed by atoms with Crippen LogP contribution in [0, 0.1) is 0 Å². The molecule has 1 aromatic rings. The standard InChI is InChI=1S/C17H25N3O/c21-17(8-4-7-15-5-2-1-3-6-15)20-13-16(14-20)19-11-9-18-10-12-19/h1-3,5-6,16,18H,4,7-14H2. The highest BCUT2D eigenvalue weighted by Gasteiger charge is 2.34. The Balaban J connectivity index is 1.34. The van der Waals surface area contributed by atoms with Gasteiger partial charge in [0, 0.05) is 51.7 Å². The minimum Gasteiger partial charge on any atom is -0.339 e. The van der Waals surface area contributed by atoms with Crippen molar-refractivity contribution < 1.29 is 4.79 Å². The summed E-state index contributed by atoms with van der Waals surface area (Å²) in [6, 6.07) is 11.0. The summed E-state index contributed by atoms with van der Waals surface area (Å²) in [7, 11) is 0. The molecule has 2 fully saturated rings. The Kier molecular flexibility index (Phi) is 4.88. The first-order chi connectivity index (χ1) is 10.3. The third-order valence-corrected chi connectivity index (χ3v) is 4.58. The van der Waals surface area contributed by atoms with Gasteiger partial charge < -0.3 is 10.2 Å². The summed E-state index contributed by atoms with van der Waals surface area (Å²) in [5.41, 5.74) is 1.33. The summed E-state index contributed by atoms with van der Waals surface area (Å²) < 4.78 is 0. The monoisotopic (exact) mass is 287 g/mol. The van der Waals surface area contributed by atoms with Crippen molar-refractivity contribution >= 4 is 5.91 Å². The Labute approximate surface area is 127 Å². The van der Waals surface area contributed by atoms with Gasteiger partial charge in [-0.05, 0) is 18.4 Å². The molecule has 2 saturated heterocycles. The van der Waals surface area contributed by atoms with Gasteiger partial charge in [-0.1, -0.05) is 30.3 Å². The molecule has 114 valence electrons. The molecular formula is C17H25N3O. The van der Waals surface area contributed by atoms with Crippen molar-refractivity contribution in [2.24, 2.45) is 0 Å². The molecule has 0 atom stereocenters. The SMILES string of the molecule is O=C(CCCc1ccccc1)N1CC(N2CCNCC2)C1. The molecule has 1 N–H and O–H groups in total. The van der Waals surface area contributed by atoms with Crippen LogP contribution in [0.1, 0.15) is 18.4 Å². The number of rotatable bonds is 5. The summed E-state index contributed by atoms with van der Waals surface area (Å²) in [4.78, 5) is 16.7. The van der Waals surface area contributed by atoms with Crippen LogP contribution >= 0.6 is 0 Å². The number of amides is 1. The zero-order valence-corrected chi connectivity index (χ0v) is 12.6. The smallest absolute Gasteiger partial charge is 0.222 e. The van der Waals surface area contributed by atoms with Crippen molar-refractivity contribution in [3.63, 3.8) is 0 Å². The van der Waals surface area contributed by atoms with E-state index in [-0.39, 0.29) is 0 Å². The first-order valence-electron chi connectivity index (χ1n) is 8.09. The molecule has 21 heavy (non-hydrogen) atoms. The lowest BCUT2D eigenvalue weighted by molar-refractivity contribution is -0.138. The van der Waals surface area contributed by atoms with Gasteiger partial charge in [-0.2, -0.15) is 0 Å². The molecular weight excluding hydrogens is 262 g/mol. The molecule has 1 amide bonds. The highest BCUT2D eigenvalue weighted by Crippen LogP contribution is 2.17. The van der Waals surface area contributed by atoms with Gasteiger partial charge in [0.25, 0.3) is 0 Å². The number of nitrogens with zero attached hydrogens (tertiary/aromatic N) is 2. The van der Waals surface area contributed by atoms with E-state index in [0.29, 0.717) is 18.4 Å². The number of carbonyl (C=O) groups is 1. The molecule has 0 saturated carbocycles. The Morgan fingerprint density at radius 3 is 2.57 bits per heavy atom. The van der Waals surface area contributed by atoms with Crippen LogP contribution in [-0.2, 0) is 11.2 Å². The summed E-state index contributed by atoms with van der Waals surface area (Å²) in [5.74, 6) is 0.331. The third-order valence-electron chi connectivity index (χ3n) is 4.58. The van der Waals surface area contributed by atoms with Crippen molar-refractivity contribution in [3.05, 3.63) is 35.9 Å². The van der Waals surface area contributed by atoms with Crippen LogP contribution in [0.3, 0.4) is 0 Å². The van der Waals surface area contributed by atoms with Crippen LogP contribution in [0.2, 0.25) is 0 Å². The van der Waals surface area contributed by atoms with Gasteiger partial charge in [0.2, 0.25) is 5.91 Å². The van der Waals surface area contributed by atoms with E-state index in [1.54, 1.807) is 0 Å². The maximum Gasteiger partial charge on any atom is 0.222 e. The van der Waals surface area contributed by atoms with Crippen LogP contribution in [-0.4, -0.2) is 61.0 Å². The molecule has 0 bridgehead atoms. The number of hydrogen-bond donors (Lipinski definition) is 1. The van der Waals surface area contributed by atoms with E-state index in [9.17, 15) is 4.79 Å². The highest BCUT2D eigenvalue weighted by atomic mass is 16.2. The highest BCUT2D eigenvalue weighted by molar-refractivity contribution is 5.77. The van der Waals surface area contributed by atoms with Crippen molar-refractivity contribution in [2.45, 2.75) is 25.3 Å². The predicted molar refractivity (Wildman–Crippen MR) is 84.2 cm³/mol. The van der Waals surface area contributed by atoms with Crippen molar-refractivity contribution in [1.82, 2.24) is 15.1 Å². The van der Waals surface area contributed by atoms with Gasteiger partial charge in [-0.15, -0.1) is 0 Å². The second kappa shape index (κ2) is 7.05. The van der Waals surface area contributed by atoms with Gasteiger partial charge in [0.05, 0.1) is 0 Å².